The number of amides is 1. The van der Waals surface area contributed by atoms with E-state index in [0.717, 1.165) is 28.5 Å². The van der Waals surface area contributed by atoms with Crippen LogP contribution in [0.5, 0.6) is 5.75 Å². The van der Waals surface area contributed by atoms with Gasteiger partial charge in [0.1, 0.15) is 5.75 Å². The molecule has 0 atom stereocenters. The van der Waals surface area contributed by atoms with E-state index in [1.165, 1.54) is 0 Å². The zero-order chi connectivity index (χ0) is 24.1. The number of H-pyrrole nitrogens is 1. The van der Waals surface area contributed by atoms with Crippen molar-refractivity contribution < 1.29 is 13.9 Å². The minimum Gasteiger partial charge on any atom is -0.491 e. The zero-order valence-electron chi connectivity index (χ0n) is 19.1. The van der Waals surface area contributed by atoms with E-state index in [9.17, 15) is 9.18 Å². The molecule has 4 rings (SSSR count). The molecule has 9 nitrogen and oxygen atoms in total. The number of carbonyl (C=O) groups excluding carboxylic acids is 1. The molecule has 10 heteroatoms. The summed E-state index contributed by atoms with van der Waals surface area (Å²) in [5, 5.41) is 16.8. The molecule has 0 aliphatic carbocycles. The van der Waals surface area contributed by atoms with Crippen LogP contribution in [-0.4, -0.2) is 39.2 Å². The number of hydrogen-bond donors (Lipinski definition) is 4. The second-order valence-corrected chi connectivity index (χ2v) is 7.94. The second-order valence-electron chi connectivity index (χ2n) is 7.94. The number of fused-ring (bicyclic) bond motifs is 1. The zero-order valence-corrected chi connectivity index (χ0v) is 19.1. The largest absolute Gasteiger partial charge is 0.491 e. The molecule has 0 saturated heterocycles. The Morgan fingerprint density at radius 3 is 2.62 bits per heavy atom. The molecule has 2 aromatic carbocycles. The van der Waals surface area contributed by atoms with Gasteiger partial charge in [0, 0.05) is 35.9 Å². The smallest absolute Gasteiger partial charge is 0.229 e. The van der Waals surface area contributed by atoms with Crippen LogP contribution in [-0.2, 0) is 11.2 Å². The Balaban J connectivity index is 1.50. The SMILES string of the molecule is CNC(=O)CCc1[nH]nc2ccc(Nc3ncc(F)c(Nc4ccc(OC(C)C)cc4)n3)cc12. The lowest BCUT2D eigenvalue weighted by atomic mass is 10.1. The van der Waals surface area contributed by atoms with Crippen molar-refractivity contribution in [3.63, 3.8) is 0 Å². The molecule has 2 aromatic heterocycles. The van der Waals surface area contributed by atoms with Gasteiger partial charge in [-0.2, -0.15) is 10.1 Å². The van der Waals surface area contributed by atoms with E-state index in [-0.39, 0.29) is 23.8 Å². The number of ether oxygens (including phenoxy) is 1. The van der Waals surface area contributed by atoms with Gasteiger partial charge >= 0.3 is 0 Å². The fourth-order valence-corrected chi connectivity index (χ4v) is 3.36. The number of benzene rings is 2. The molecule has 34 heavy (non-hydrogen) atoms. The lowest BCUT2D eigenvalue weighted by Crippen LogP contribution is -2.18. The van der Waals surface area contributed by atoms with Crippen LogP contribution in [0, 0.1) is 5.82 Å². The Kier molecular flexibility index (Phi) is 6.86. The van der Waals surface area contributed by atoms with Gasteiger partial charge in [-0.05, 0) is 62.7 Å². The maximum absolute atomic E-state index is 14.4. The number of anilines is 4. The summed E-state index contributed by atoms with van der Waals surface area (Å²) >= 11 is 0. The first-order chi connectivity index (χ1) is 16.4. The number of nitrogens with one attached hydrogen (secondary N) is 4. The van der Waals surface area contributed by atoms with Crippen LogP contribution in [0.4, 0.5) is 27.5 Å². The van der Waals surface area contributed by atoms with Gasteiger partial charge in [0.05, 0.1) is 17.8 Å². The van der Waals surface area contributed by atoms with Gasteiger partial charge in [0.25, 0.3) is 0 Å². The summed E-state index contributed by atoms with van der Waals surface area (Å²) in [5.41, 5.74) is 3.02. The van der Waals surface area contributed by atoms with Gasteiger partial charge in [0.15, 0.2) is 11.6 Å². The molecule has 176 valence electrons. The Hall–Kier alpha value is -4.21. The molecular weight excluding hydrogens is 437 g/mol. The highest BCUT2D eigenvalue weighted by atomic mass is 19.1. The van der Waals surface area contributed by atoms with E-state index in [4.69, 9.17) is 4.74 Å². The molecule has 0 aliphatic heterocycles. The molecule has 0 bridgehead atoms. The number of aromatic amines is 1. The van der Waals surface area contributed by atoms with Crippen LogP contribution in [0.3, 0.4) is 0 Å². The van der Waals surface area contributed by atoms with Crippen molar-refractivity contribution in [3.8, 4) is 5.75 Å². The van der Waals surface area contributed by atoms with Crippen molar-refractivity contribution >= 4 is 40.0 Å². The van der Waals surface area contributed by atoms with E-state index in [0.29, 0.717) is 24.2 Å². The summed E-state index contributed by atoms with van der Waals surface area (Å²) in [5.74, 6) is 0.396. The predicted octanol–water partition coefficient (Wildman–Crippen LogP) is 4.45. The minimum atomic E-state index is -0.574. The molecule has 4 aromatic rings. The van der Waals surface area contributed by atoms with Gasteiger partial charge in [-0.1, -0.05) is 0 Å². The summed E-state index contributed by atoms with van der Waals surface area (Å²) in [7, 11) is 1.61. The monoisotopic (exact) mass is 463 g/mol. The normalized spacial score (nSPS) is 11.0. The molecular formula is C24H26FN7O2. The van der Waals surface area contributed by atoms with Gasteiger partial charge in [-0.3, -0.25) is 9.89 Å². The van der Waals surface area contributed by atoms with Crippen molar-refractivity contribution in [3.05, 3.63) is 60.2 Å². The molecule has 0 spiro atoms. The number of aryl methyl sites for hydroxylation is 1. The van der Waals surface area contributed by atoms with Crippen LogP contribution in [0.25, 0.3) is 10.9 Å². The van der Waals surface area contributed by atoms with Crippen molar-refractivity contribution in [2.24, 2.45) is 0 Å². The first-order valence-electron chi connectivity index (χ1n) is 10.9. The lowest BCUT2D eigenvalue weighted by molar-refractivity contribution is -0.120. The van der Waals surface area contributed by atoms with Gasteiger partial charge in [-0.15, -0.1) is 0 Å². The average Bonchev–Trinajstić information content (AvgIpc) is 3.23. The standard InChI is InChI=1S/C24H26FN7O2/c1-14(2)34-17-7-4-15(5-8-17)28-23-19(25)13-27-24(30-23)29-16-6-9-20-18(12-16)21(32-31-20)10-11-22(33)26-3/h4-9,12-14H,10-11H2,1-3H3,(H,26,33)(H,31,32)(H2,27,28,29,30). The molecule has 2 heterocycles. The predicted molar refractivity (Wildman–Crippen MR) is 129 cm³/mol. The Morgan fingerprint density at radius 1 is 1.12 bits per heavy atom. The molecule has 0 radical (unpaired) electrons. The third kappa shape index (κ3) is 5.58. The highest BCUT2D eigenvalue weighted by molar-refractivity contribution is 5.86. The van der Waals surface area contributed by atoms with Gasteiger partial charge in [0.2, 0.25) is 11.9 Å². The average molecular weight is 464 g/mol. The summed E-state index contributed by atoms with van der Waals surface area (Å²) in [6, 6.07) is 12.8. The van der Waals surface area contributed by atoms with Crippen molar-refractivity contribution in [1.82, 2.24) is 25.5 Å². The summed E-state index contributed by atoms with van der Waals surface area (Å²) in [4.78, 5) is 19.9. The third-order valence-electron chi connectivity index (χ3n) is 5.00. The maximum Gasteiger partial charge on any atom is 0.229 e. The molecule has 0 unspecified atom stereocenters. The van der Waals surface area contributed by atoms with E-state index < -0.39 is 5.82 Å². The molecule has 0 saturated carbocycles. The number of carbonyl (C=O) groups is 1. The Labute approximate surface area is 196 Å². The van der Waals surface area contributed by atoms with Crippen LogP contribution >= 0.6 is 0 Å². The van der Waals surface area contributed by atoms with Gasteiger partial charge < -0.3 is 20.7 Å². The topological polar surface area (TPSA) is 117 Å². The summed E-state index contributed by atoms with van der Waals surface area (Å²) in [6.07, 6.45) is 2.06. The van der Waals surface area contributed by atoms with Crippen molar-refractivity contribution in [2.75, 3.05) is 17.7 Å². The van der Waals surface area contributed by atoms with E-state index >= 15 is 0 Å². The Morgan fingerprint density at radius 2 is 1.88 bits per heavy atom. The fraction of sp³-hybridized carbons (Fsp3) is 0.250. The maximum atomic E-state index is 14.4. The van der Waals surface area contributed by atoms with Crippen LogP contribution < -0.4 is 20.7 Å². The molecule has 1 amide bonds. The second kappa shape index (κ2) is 10.2. The lowest BCUT2D eigenvalue weighted by Gasteiger charge is -2.12. The van der Waals surface area contributed by atoms with Crippen LogP contribution in [0.2, 0.25) is 0 Å². The Bertz CT molecular complexity index is 1290. The van der Waals surface area contributed by atoms with E-state index in [1.807, 2.05) is 44.2 Å². The number of aromatic nitrogens is 4. The van der Waals surface area contributed by atoms with Crippen LogP contribution in [0.15, 0.2) is 48.7 Å². The quantitative estimate of drug-likeness (QED) is 0.290. The van der Waals surface area contributed by atoms with Crippen LogP contribution in [0.1, 0.15) is 26.0 Å². The summed E-state index contributed by atoms with van der Waals surface area (Å²) in [6.45, 7) is 3.90. The molecule has 0 aliphatic rings. The molecule has 4 N–H and O–H groups in total. The molecule has 0 fully saturated rings. The summed E-state index contributed by atoms with van der Waals surface area (Å²) < 4.78 is 20.0. The number of rotatable bonds is 9. The van der Waals surface area contributed by atoms with Crippen molar-refractivity contribution in [1.29, 1.82) is 0 Å². The van der Waals surface area contributed by atoms with E-state index in [2.05, 4.69) is 36.1 Å². The van der Waals surface area contributed by atoms with Crippen molar-refractivity contribution in [2.45, 2.75) is 32.8 Å². The number of hydrogen-bond acceptors (Lipinski definition) is 7. The first-order valence-corrected chi connectivity index (χ1v) is 10.9. The minimum absolute atomic E-state index is 0.0427. The highest BCUT2D eigenvalue weighted by Gasteiger charge is 2.11. The number of nitrogens with zero attached hydrogens (tertiary/aromatic N) is 3. The van der Waals surface area contributed by atoms with Gasteiger partial charge in [-0.25, -0.2) is 9.37 Å². The first kappa shape index (κ1) is 23.0. The number of halogens is 1. The highest BCUT2D eigenvalue weighted by Crippen LogP contribution is 2.25. The third-order valence-corrected chi connectivity index (χ3v) is 5.00. The van der Waals surface area contributed by atoms with E-state index in [1.54, 1.807) is 19.2 Å². The fourth-order valence-electron chi connectivity index (χ4n) is 3.36.